The van der Waals surface area contributed by atoms with E-state index in [1.807, 2.05) is 13.0 Å². The van der Waals surface area contributed by atoms with Gasteiger partial charge in [-0.25, -0.2) is 0 Å². The van der Waals surface area contributed by atoms with Crippen LogP contribution in [0.5, 0.6) is 0 Å². The van der Waals surface area contributed by atoms with Crippen molar-refractivity contribution < 1.29 is 4.79 Å². The standard InChI is InChI=1S/C11H18N4O/c1-8-7-10(15-14-8)13-11(16)9-5-3-2-4-6-12-9/h7,9,12H,2-6H2,1H3,(H2,13,14,15,16). The molecule has 0 saturated carbocycles. The molecule has 5 nitrogen and oxygen atoms in total. The maximum atomic E-state index is 11.9. The molecule has 1 aromatic heterocycles. The number of aromatic amines is 1. The molecule has 5 heteroatoms. The van der Waals surface area contributed by atoms with Crippen LogP contribution in [0.4, 0.5) is 5.82 Å². The predicted molar refractivity (Wildman–Crippen MR) is 62.2 cm³/mol. The summed E-state index contributed by atoms with van der Waals surface area (Å²) in [7, 11) is 0. The molecule has 16 heavy (non-hydrogen) atoms. The third-order valence-corrected chi connectivity index (χ3v) is 2.83. The zero-order valence-electron chi connectivity index (χ0n) is 9.55. The van der Waals surface area contributed by atoms with E-state index in [0.717, 1.165) is 31.5 Å². The largest absolute Gasteiger partial charge is 0.308 e. The molecular weight excluding hydrogens is 204 g/mol. The number of hydrogen-bond acceptors (Lipinski definition) is 3. The molecular formula is C11H18N4O. The molecule has 1 saturated heterocycles. The number of amides is 1. The highest BCUT2D eigenvalue weighted by Gasteiger charge is 2.19. The average molecular weight is 222 g/mol. The van der Waals surface area contributed by atoms with Crippen molar-refractivity contribution in [3.05, 3.63) is 11.8 Å². The Morgan fingerprint density at radius 3 is 3.12 bits per heavy atom. The lowest BCUT2D eigenvalue weighted by atomic mass is 10.1. The number of anilines is 1. The van der Waals surface area contributed by atoms with E-state index in [1.54, 1.807) is 0 Å². The highest BCUT2D eigenvalue weighted by Crippen LogP contribution is 2.11. The molecule has 1 fully saturated rings. The number of carbonyl (C=O) groups excluding carboxylic acids is 1. The number of rotatable bonds is 2. The molecule has 3 N–H and O–H groups in total. The highest BCUT2D eigenvalue weighted by molar-refractivity contribution is 5.94. The zero-order chi connectivity index (χ0) is 11.4. The first-order valence-electron chi connectivity index (χ1n) is 5.82. The zero-order valence-corrected chi connectivity index (χ0v) is 9.55. The molecule has 1 unspecified atom stereocenters. The Bertz CT molecular complexity index is 353. The molecule has 2 heterocycles. The summed E-state index contributed by atoms with van der Waals surface area (Å²) >= 11 is 0. The Morgan fingerprint density at radius 2 is 2.38 bits per heavy atom. The topological polar surface area (TPSA) is 69.8 Å². The molecule has 1 atom stereocenters. The lowest BCUT2D eigenvalue weighted by Crippen LogP contribution is -2.39. The Hall–Kier alpha value is -1.36. The smallest absolute Gasteiger partial charge is 0.242 e. The van der Waals surface area contributed by atoms with E-state index in [0.29, 0.717) is 5.82 Å². The number of carbonyl (C=O) groups is 1. The third kappa shape index (κ3) is 2.82. The summed E-state index contributed by atoms with van der Waals surface area (Å²) in [5, 5.41) is 12.9. The van der Waals surface area contributed by atoms with Crippen molar-refractivity contribution in [3.63, 3.8) is 0 Å². The van der Waals surface area contributed by atoms with Gasteiger partial charge in [-0.1, -0.05) is 12.8 Å². The summed E-state index contributed by atoms with van der Waals surface area (Å²) < 4.78 is 0. The van der Waals surface area contributed by atoms with Gasteiger partial charge < -0.3 is 10.6 Å². The molecule has 2 rings (SSSR count). The van der Waals surface area contributed by atoms with Crippen LogP contribution >= 0.6 is 0 Å². The summed E-state index contributed by atoms with van der Waals surface area (Å²) in [5.74, 6) is 0.627. The van der Waals surface area contributed by atoms with Crippen LogP contribution in [0.15, 0.2) is 6.07 Å². The first-order chi connectivity index (χ1) is 7.75. The van der Waals surface area contributed by atoms with Gasteiger partial charge in [0, 0.05) is 11.8 Å². The van der Waals surface area contributed by atoms with Gasteiger partial charge >= 0.3 is 0 Å². The molecule has 0 aliphatic carbocycles. The van der Waals surface area contributed by atoms with Crippen molar-refractivity contribution in [3.8, 4) is 0 Å². The Labute approximate surface area is 95.0 Å². The van der Waals surface area contributed by atoms with Crippen LogP contribution in [0.2, 0.25) is 0 Å². The maximum Gasteiger partial charge on any atom is 0.242 e. The first-order valence-corrected chi connectivity index (χ1v) is 5.82. The van der Waals surface area contributed by atoms with E-state index in [9.17, 15) is 4.79 Å². The molecule has 88 valence electrons. The monoisotopic (exact) mass is 222 g/mol. The second-order valence-electron chi connectivity index (χ2n) is 4.28. The van der Waals surface area contributed by atoms with E-state index in [1.165, 1.54) is 6.42 Å². The number of aryl methyl sites for hydroxylation is 1. The van der Waals surface area contributed by atoms with Crippen LogP contribution in [0.25, 0.3) is 0 Å². The van der Waals surface area contributed by atoms with E-state index in [2.05, 4.69) is 20.8 Å². The van der Waals surface area contributed by atoms with Gasteiger partial charge in [-0.15, -0.1) is 0 Å². The number of nitrogens with one attached hydrogen (secondary N) is 3. The summed E-state index contributed by atoms with van der Waals surface area (Å²) in [6.07, 6.45) is 4.39. The average Bonchev–Trinajstić information content (AvgIpc) is 2.56. The number of hydrogen-bond donors (Lipinski definition) is 3. The Balaban J connectivity index is 1.91. The van der Waals surface area contributed by atoms with Crippen LogP contribution in [-0.4, -0.2) is 28.7 Å². The summed E-state index contributed by atoms with van der Waals surface area (Å²) in [6, 6.07) is 1.76. The van der Waals surface area contributed by atoms with Crippen LogP contribution in [-0.2, 0) is 4.79 Å². The first kappa shape index (κ1) is 11.1. The van der Waals surface area contributed by atoms with Gasteiger partial charge in [-0.3, -0.25) is 9.89 Å². The van der Waals surface area contributed by atoms with Crippen molar-refractivity contribution in [2.45, 2.75) is 38.6 Å². The SMILES string of the molecule is Cc1cc(NC(=O)C2CCCCCN2)n[nH]1. The molecule has 1 aliphatic rings. The van der Waals surface area contributed by atoms with Crippen LogP contribution in [0, 0.1) is 6.92 Å². The van der Waals surface area contributed by atoms with Crippen molar-refractivity contribution >= 4 is 11.7 Å². The fourth-order valence-electron chi connectivity index (χ4n) is 1.95. The lowest BCUT2D eigenvalue weighted by molar-refractivity contribution is -0.118. The second kappa shape index (κ2) is 5.12. The van der Waals surface area contributed by atoms with Gasteiger partial charge in [-0.05, 0) is 26.3 Å². The molecule has 0 bridgehead atoms. The summed E-state index contributed by atoms with van der Waals surface area (Å²) in [4.78, 5) is 11.9. The summed E-state index contributed by atoms with van der Waals surface area (Å²) in [6.45, 7) is 2.84. The van der Waals surface area contributed by atoms with Crippen LogP contribution < -0.4 is 10.6 Å². The molecule has 1 amide bonds. The van der Waals surface area contributed by atoms with Gasteiger partial charge in [0.25, 0.3) is 0 Å². The van der Waals surface area contributed by atoms with Crippen molar-refractivity contribution in [2.75, 3.05) is 11.9 Å². The minimum Gasteiger partial charge on any atom is -0.308 e. The van der Waals surface area contributed by atoms with Gasteiger partial charge in [0.05, 0.1) is 6.04 Å². The number of aromatic nitrogens is 2. The van der Waals surface area contributed by atoms with E-state index in [-0.39, 0.29) is 11.9 Å². The highest BCUT2D eigenvalue weighted by atomic mass is 16.2. The Kier molecular flexibility index (Phi) is 3.56. The second-order valence-corrected chi connectivity index (χ2v) is 4.28. The lowest BCUT2D eigenvalue weighted by Gasteiger charge is -2.14. The molecule has 1 aromatic rings. The minimum absolute atomic E-state index is 0.0217. The molecule has 0 aromatic carbocycles. The van der Waals surface area contributed by atoms with Crippen molar-refractivity contribution in [1.82, 2.24) is 15.5 Å². The molecule has 0 radical (unpaired) electrons. The van der Waals surface area contributed by atoms with E-state index in [4.69, 9.17) is 0 Å². The van der Waals surface area contributed by atoms with Gasteiger partial charge in [-0.2, -0.15) is 5.10 Å². The molecule has 0 spiro atoms. The van der Waals surface area contributed by atoms with Crippen LogP contribution in [0.3, 0.4) is 0 Å². The number of nitrogens with zero attached hydrogens (tertiary/aromatic N) is 1. The summed E-state index contributed by atoms with van der Waals surface area (Å²) in [5.41, 5.74) is 0.948. The van der Waals surface area contributed by atoms with Crippen LogP contribution in [0.1, 0.15) is 31.4 Å². The fourth-order valence-corrected chi connectivity index (χ4v) is 1.95. The normalized spacial score (nSPS) is 21.4. The minimum atomic E-state index is -0.0699. The van der Waals surface area contributed by atoms with E-state index < -0.39 is 0 Å². The van der Waals surface area contributed by atoms with Gasteiger partial charge in [0.15, 0.2) is 5.82 Å². The van der Waals surface area contributed by atoms with Gasteiger partial charge in [0.1, 0.15) is 0 Å². The fraction of sp³-hybridized carbons (Fsp3) is 0.636. The number of H-pyrrole nitrogens is 1. The van der Waals surface area contributed by atoms with Crippen molar-refractivity contribution in [1.29, 1.82) is 0 Å². The van der Waals surface area contributed by atoms with Crippen molar-refractivity contribution in [2.24, 2.45) is 0 Å². The molecule has 1 aliphatic heterocycles. The van der Waals surface area contributed by atoms with E-state index >= 15 is 0 Å². The Morgan fingerprint density at radius 1 is 1.50 bits per heavy atom. The maximum absolute atomic E-state index is 11.9. The van der Waals surface area contributed by atoms with Gasteiger partial charge in [0.2, 0.25) is 5.91 Å². The quantitative estimate of drug-likeness (QED) is 0.704. The predicted octanol–water partition coefficient (Wildman–Crippen LogP) is 1.19. The third-order valence-electron chi connectivity index (χ3n) is 2.83.